The number of carbonyl (C=O) groups excluding carboxylic acids is 2. The first-order valence-corrected chi connectivity index (χ1v) is 9.59. The number of esters is 1. The van der Waals surface area contributed by atoms with E-state index in [2.05, 4.69) is 15.6 Å². The molecule has 6 nitrogen and oxygen atoms in total. The molecule has 1 aromatic heterocycles. The first kappa shape index (κ1) is 15.9. The van der Waals surface area contributed by atoms with Crippen molar-refractivity contribution in [1.29, 1.82) is 0 Å². The number of amides is 2. The molecule has 5 rings (SSSR count). The van der Waals surface area contributed by atoms with Crippen LogP contribution in [0, 0.1) is 17.8 Å². The normalized spacial score (nSPS) is 33.3. The maximum Gasteiger partial charge on any atom is 0.350 e. The lowest BCUT2D eigenvalue weighted by Gasteiger charge is -2.56. The number of carbonyl (C=O) groups is 2. The van der Waals surface area contributed by atoms with Gasteiger partial charge in [-0.1, -0.05) is 11.3 Å². The Morgan fingerprint density at radius 2 is 1.88 bits per heavy atom. The van der Waals surface area contributed by atoms with Crippen molar-refractivity contribution in [1.82, 2.24) is 10.3 Å². The van der Waals surface area contributed by atoms with E-state index in [1.165, 1.54) is 25.5 Å². The minimum atomic E-state index is -0.399. The molecule has 4 bridgehead atoms. The van der Waals surface area contributed by atoms with E-state index in [1.807, 2.05) is 0 Å². The lowest BCUT2D eigenvalue weighted by molar-refractivity contribution is -0.0127. The predicted octanol–water partition coefficient (Wildman–Crippen LogP) is 3.41. The zero-order valence-corrected chi connectivity index (χ0v) is 14.7. The Bertz CT molecular complexity index is 622. The second kappa shape index (κ2) is 6.02. The Labute approximate surface area is 145 Å². The molecule has 4 saturated carbocycles. The molecule has 2 N–H and O–H groups in total. The summed E-state index contributed by atoms with van der Waals surface area (Å²) in [5.41, 5.74) is -0.0277. The Kier molecular flexibility index (Phi) is 3.98. The largest absolute Gasteiger partial charge is 0.462 e. The van der Waals surface area contributed by atoms with Gasteiger partial charge in [0.1, 0.15) is 4.88 Å². The number of nitrogens with one attached hydrogen (secondary N) is 2. The SMILES string of the molecule is CCOC(=O)c1cnc(NC(=O)NC23CC4CC(CC(C4)C2)C3)s1. The highest BCUT2D eigenvalue weighted by molar-refractivity contribution is 7.17. The fourth-order valence-electron chi connectivity index (χ4n) is 5.26. The maximum atomic E-state index is 12.4. The Hall–Kier alpha value is -1.63. The second-order valence-electron chi connectivity index (χ2n) is 7.53. The number of thiazole rings is 1. The highest BCUT2D eigenvalue weighted by Crippen LogP contribution is 2.55. The van der Waals surface area contributed by atoms with Crippen molar-refractivity contribution >= 4 is 28.5 Å². The first-order valence-electron chi connectivity index (χ1n) is 8.77. The van der Waals surface area contributed by atoms with Crippen LogP contribution in [0.5, 0.6) is 0 Å². The summed E-state index contributed by atoms with van der Waals surface area (Å²) in [4.78, 5) is 28.6. The van der Waals surface area contributed by atoms with Crippen molar-refractivity contribution in [2.75, 3.05) is 11.9 Å². The summed E-state index contributed by atoms with van der Waals surface area (Å²) >= 11 is 1.14. The lowest BCUT2D eigenvalue weighted by Crippen LogP contribution is -2.60. The van der Waals surface area contributed by atoms with Crippen LogP contribution >= 0.6 is 11.3 Å². The highest BCUT2D eigenvalue weighted by Gasteiger charge is 2.51. The zero-order valence-electron chi connectivity index (χ0n) is 13.8. The molecule has 7 heteroatoms. The summed E-state index contributed by atoms with van der Waals surface area (Å²) in [5.74, 6) is 1.95. The van der Waals surface area contributed by atoms with E-state index in [0.717, 1.165) is 48.4 Å². The van der Waals surface area contributed by atoms with E-state index >= 15 is 0 Å². The third-order valence-electron chi connectivity index (χ3n) is 5.62. The maximum absolute atomic E-state index is 12.4. The molecular formula is C17H23N3O3S. The number of anilines is 1. The van der Waals surface area contributed by atoms with Gasteiger partial charge in [-0.05, 0) is 63.2 Å². The van der Waals surface area contributed by atoms with Gasteiger partial charge in [0.25, 0.3) is 0 Å². The molecule has 4 fully saturated rings. The lowest BCUT2D eigenvalue weighted by atomic mass is 9.53. The molecule has 0 saturated heterocycles. The molecule has 1 aromatic rings. The Morgan fingerprint density at radius 1 is 1.25 bits per heavy atom. The third kappa shape index (κ3) is 3.01. The van der Waals surface area contributed by atoms with Gasteiger partial charge in [-0.15, -0.1) is 0 Å². The molecule has 4 aliphatic rings. The van der Waals surface area contributed by atoms with Gasteiger partial charge in [-0.25, -0.2) is 14.6 Å². The average Bonchev–Trinajstić information content (AvgIpc) is 2.93. The number of nitrogens with zero attached hydrogens (tertiary/aromatic N) is 1. The van der Waals surface area contributed by atoms with Crippen LogP contribution in [0.4, 0.5) is 9.93 Å². The average molecular weight is 349 g/mol. The Balaban J connectivity index is 1.38. The van der Waals surface area contributed by atoms with E-state index in [9.17, 15) is 9.59 Å². The topological polar surface area (TPSA) is 80.3 Å². The fraction of sp³-hybridized carbons (Fsp3) is 0.706. The van der Waals surface area contributed by atoms with Gasteiger partial charge in [0.15, 0.2) is 5.13 Å². The molecule has 130 valence electrons. The molecule has 0 aromatic carbocycles. The van der Waals surface area contributed by atoms with Crippen molar-refractivity contribution in [2.24, 2.45) is 17.8 Å². The molecule has 24 heavy (non-hydrogen) atoms. The van der Waals surface area contributed by atoms with Crippen molar-refractivity contribution in [3.63, 3.8) is 0 Å². The predicted molar refractivity (Wildman–Crippen MR) is 91.1 cm³/mol. The van der Waals surface area contributed by atoms with Crippen LogP contribution in [-0.4, -0.2) is 29.1 Å². The first-order chi connectivity index (χ1) is 11.5. The van der Waals surface area contributed by atoms with Crippen molar-refractivity contribution < 1.29 is 14.3 Å². The van der Waals surface area contributed by atoms with Crippen LogP contribution in [0.15, 0.2) is 6.20 Å². The quantitative estimate of drug-likeness (QED) is 0.816. The van der Waals surface area contributed by atoms with Gasteiger partial charge in [-0.3, -0.25) is 5.32 Å². The molecule has 4 aliphatic carbocycles. The summed E-state index contributed by atoms with van der Waals surface area (Å²) in [6, 6.07) is -0.207. The van der Waals surface area contributed by atoms with Crippen molar-refractivity contribution in [3.8, 4) is 0 Å². The summed E-state index contributed by atoms with van der Waals surface area (Å²) in [7, 11) is 0. The smallest absolute Gasteiger partial charge is 0.350 e. The van der Waals surface area contributed by atoms with E-state index in [-0.39, 0.29) is 11.6 Å². The third-order valence-corrected chi connectivity index (χ3v) is 6.51. The van der Waals surface area contributed by atoms with Crippen LogP contribution in [0.25, 0.3) is 0 Å². The summed E-state index contributed by atoms with van der Waals surface area (Å²) in [6.07, 6.45) is 8.81. The molecule has 2 amide bonds. The van der Waals surface area contributed by atoms with Crippen LogP contribution in [0.1, 0.15) is 55.1 Å². The van der Waals surface area contributed by atoms with Crippen LogP contribution < -0.4 is 10.6 Å². The zero-order chi connectivity index (χ0) is 16.7. The molecule has 0 radical (unpaired) electrons. The van der Waals surface area contributed by atoms with Crippen LogP contribution in [-0.2, 0) is 4.74 Å². The second-order valence-corrected chi connectivity index (χ2v) is 8.56. The minimum absolute atomic E-state index is 0.0277. The van der Waals surface area contributed by atoms with Gasteiger partial charge in [-0.2, -0.15) is 0 Å². The Morgan fingerprint density at radius 3 is 2.46 bits per heavy atom. The number of hydrogen-bond acceptors (Lipinski definition) is 5. The van der Waals surface area contributed by atoms with Gasteiger partial charge < -0.3 is 10.1 Å². The molecular weight excluding hydrogens is 326 g/mol. The monoisotopic (exact) mass is 349 g/mol. The van der Waals surface area contributed by atoms with Gasteiger partial charge >= 0.3 is 12.0 Å². The molecule has 0 atom stereocenters. The van der Waals surface area contributed by atoms with E-state index in [4.69, 9.17) is 4.74 Å². The number of hydrogen-bond donors (Lipinski definition) is 2. The van der Waals surface area contributed by atoms with Gasteiger partial charge in [0.05, 0.1) is 12.8 Å². The number of rotatable bonds is 4. The van der Waals surface area contributed by atoms with Crippen LogP contribution in [0.3, 0.4) is 0 Å². The fourth-order valence-corrected chi connectivity index (χ4v) is 5.97. The minimum Gasteiger partial charge on any atom is -0.462 e. The summed E-state index contributed by atoms with van der Waals surface area (Å²) in [5, 5.41) is 6.45. The van der Waals surface area contributed by atoms with E-state index in [0.29, 0.717) is 16.6 Å². The number of aromatic nitrogens is 1. The van der Waals surface area contributed by atoms with Gasteiger partial charge in [0.2, 0.25) is 0 Å². The van der Waals surface area contributed by atoms with Crippen LogP contribution in [0.2, 0.25) is 0 Å². The number of urea groups is 1. The highest BCUT2D eigenvalue weighted by atomic mass is 32.1. The molecule has 0 aliphatic heterocycles. The standard InChI is InChI=1S/C17H23N3O3S/c1-2-23-14(21)13-9-18-16(24-13)19-15(22)20-17-6-10-3-11(7-17)5-12(4-10)8-17/h9-12H,2-8H2,1H3,(H2,18,19,20,22). The van der Waals surface area contributed by atoms with E-state index in [1.54, 1.807) is 6.92 Å². The van der Waals surface area contributed by atoms with Gasteiger partial charge in [0, 0.05) is 5.54 Å². The molecule has 0 spiro atoms. The van der Waals surface area contributed by atoms with Crippen molar-refractivity contribution in [2.45, 2.75) is 51.0 Å². The van der Waals surface area contributed by atoms with E-state index < -0.39 is 5.97 Å². The summed E-state index contributed by atoms with van der Waals surface area (Å²) in [6.45, 7) is 2.09. The molecule has 0 unspecified atom stereocenters. The number of ether oxygens (including phenoxy) is 1. The van der Waals surface area contributed by atoms with Crippen molar-refractivity contribution in [3.05, 3.63) is 11.1 Å². The molecule has 1 heterocycles. The summed E-state index contributed by atoms with van der Waals surface area (Å²) < 4.78 is 4.94.